The van der Waals surface area contributed by atoms with E-state index in [9.17, 15) is 18.4 Å². The molecule has 0 spiro atoms. The van der Waals surface area contributed by atoms with E-state index in [4.69, 9.17) is 9.47 Å². The molecule has 0 aromatic heterocycles. The average molecular weight is 376 g/mol. The minimum Gasteiger partial charge on any atom is -0.465 e. The molecule has 2 aromatic rings. The number of hydrogen-bond donors (Lipinski definition) is 0. The quantitative estimate of drug-likeness (QED) is 0.519. The van der Waals surface area contributed by atoms with Crippen molar-refractivity contribution in [2.75, 3.05) is 13.2 Å². The second-order valence-electron chi connectivity index (χ2n) is 6.13. The van der Waals surface area contributed by atoms with Gasteiger partial charge in [-0.15, -0.1) is 0 Å². The van der Waals surface area contributed by atoms with Crippen molar-refractivity contribution in [2.45, 2.75) is 26.7 Å². The van der Waals surface area contributed by atoms with Gasteiger partial charge in [0, 0.05) is 0 Å². The predicted octanol–water partition coefficient (Wildman–Crippen LogP) is 3.86. The molecule has 144 valence electrons. The Hall–Kier alpha value is -2.76. The maximum Gasteiger partial charge on any atom is 0.324 e. The molecule has 0 aliphatic carbocycles. The molecular weight excluding hydrogens is 354 g/mol. The molecule has 0 aliphatic heterocycles. The lowest BCUT2D eigenvalue weighted by molar-refractivity contribution is -0.172. The zero-order chi connectivity index (χ0) is 19.9. The van der Waals surface area contributed by atoms with Gasteiger partial charge in [-0.25, -0.2) is 8.78 Å². The van der Waals surface area contributed by atoms with E-state index < -0.39 is 29.0 Å². The molecule has 4 nitrogen and oxygen atoms in total. The zero-order valence-corrected chi connectivity index (χ0v) is 15.3. The number of benzene rings is 2. The number of esters is 2. The fraction of sp³-hybridized carbons (Fsp3) is 0.333. The summed E-state index contributed by atoms with van der Waals surface area (Å²) in [6.45, 7) is 3.47. The maximum atomic E-state index is 13.2. The molecule has 0 radical (unpaired) electrons. The van der Waals surface area contributed by atoms with Crippen molar-refractivity contribution in [3.63, 3.8) is 0 Å². The summed E-state index contributed by atoms with van der Waals surface area (Å²) < 4.78 is 36.8. The summed E-state index contributed by atoms with van der Waals surface area (Å²) >= 11 is 0. The second kappa shape index (κ2) is 9.26. The predicted molar refractivity (Wildman–Crippen MR) is 95.9 cm³/mol. The van der Waals surface area contributed by atoms with Crippen molar-refractivity contribution in [1.82, 2.24) is 0 Å². The van der Waals surface area contributed by atoms with Crippen LogP contribution in [-0.2, 0) is 31.9 Å². The zero-order valence-electron chi connectivity index (χ0n) is 15.3. The summed E-state index contributed by atoms with van der Waals surface area (Å²) in [7, 11) is 0. The summed E-state index contributed by atoms with van der Waals surface area (Å²) in [5, 5.41) is 0. The van der Waals surface area contributed by atoms with E-state index in [1.165, 1.54) is 48.5 Å². The fourth-order valence-corrected chi connectivity index (χ4v) is 2.87. The minimum absolute atomic E-state index is 0.0255. The topological polar surface area (TPSA) is 52.6 Å². The number of carbonyl (C=O) groups is 2. The lowest BCUT2D eigenvalue weighted by Crippen LogP contribution is -2.45. The molecule has 0 saturated heterocycles. The van der Waals surface area contributed by atoms with Crippen LogP contribution in [0, 0.1) is 17.0 Å². The van der Waals surface area contributed by atoms with Crippen LogP contribution in [0.15, 0.2) is 48.5 Å². The summed E-state index contributed by atoms with van der Waals surface area (Å²) in [5.41, 5.74) is -0.485. The Labute approximate surface area is 157 Å². The highest BCUT2D eigenvalue weighted by Crippen LogP contribution is 2.32. The molecule has 0 amide bonds. The number of halogens is 2. The summed E-state index contributed by atoms with van der Waals surface area (Å²) in [6, 6.07) is 11.1. The van der Waals surface area contributed by atoms with Crippen LogP contribution in [0.25, 0.3) is 0 Å². The Balaban J connectivity index is 2.49. The van der Waals surface area contributed by atoms with Crippen LogP contribution < -0.4 is 0 Å². The highest BCUT2D eigenvalue weighted by molar-refractivity contribution is 6.00. The number of hydrogen-bond acceptors (Lipinski definition) is 4. The van der Waals surface area contributed by atoms with E-state index >= 15 is 0 Å². The Morgan fingerprint density at radius 1 is 0.741 bits per heavy atom. The van der Waals surface area contributed by atoms with Crippen molar-refractivity contribution in [2.24, 2.45) is 5.41 Å². The van der Waals surface area contributed by atoms with E-state index in [1.807, 2.05) is 0 Å². The largest absolute Gasteiger partial charge is 0.465 e. The first-order valence-electron chi connectivity index (χ1n) is 8.74. The standard InChI is InChI=1S/C21H22F2O4/c1-3-26-19(24)21(20(25)27-4-2,13-15-5-9-17(22)10-6-15)14-16-7-11-18(23)12-8-16/h5-12H,3-4,13-14H2,1-2H3. The number of ether oxygens (including phenoxy) is 2. The van der Waals surface area contributed by atoms with Crippen molar-refractivity contribution in [1.29, 1.82) is 0 Å². The van der Waals surface area contributed by atoms with Crippen molar-refractivity contribution < 1.29 is 27.8 Å². The van der Waals surface area contributed by atoms with Crippen LogP contribution in [0.5, 0.6) is 0 Å². The molecule has 2 aromatic carbocycles. The normalized spacial score (nSPS) is 11.1. The van der Waals surface area contributed by atoms with Crippen molar-refractivity contribution in [3.05, 3.63) is 71.3 Å². The van der Waals surface area contributed by atoms with Gasteiger partial charge in [-0.1, -0.05) is 24.3 Å². The van der Waals surface area contributed by atoms with Gasteiger partial charge in [0.15, 0.2) is 5.41 Å². The van der Waals surface area contributed by atoms with Gasteiger partial charge in [0.05, 0.1) is 13.2 Å². The van der Waals surface area contributed by atoms with E-state index in [-0.39, 0.29) is 26.1 Å². The summed E-state index contributed by atoms with van der Waals surface area (Å²) in [5.74, 6) is -2.29. The lowest BCUT2D eigenvalue weighted by Gasteiger charge is -2.29. The Morgan fingerprint density at radius 3 is 1.37 bits per heavy atom. The Bertz CT molecular complexity index is 702. The van der Waals surface area contributed by atoms with E-state index in [0.29, 0.717) is 11.1 Å². The Kier molecular flexibility index (Phi) is 7.05. The second-order valence-corrected chi connectivity index (χ2v) is 6.13. The van der Waals surface area contributed by atoms with Crippen molar-refractivity contribution >= 4 is 11.9 Å². The SMILES string of the molecule is CCOC(=O)C(Cc1ccc(F)cc1)(Cc1ccc(F)cc1)C(=O)OCC. The van der Waals surface area contributed by atoms with Crippen LogP contribution in [0.3, 0.4) is 0 Å². The average Bonchev–Trinajstić information content (AvgIpc) is 2.65. The number of rotatable bonds is 8. The molecule has 0 fully saturated rings. The van der Waals surface area contributed by atoms with E-state index in [0.717, 1.165) is 0 Å². The molecule has 0 N–H and O–H groups in total. The van der Waals surface area contributed by atoms with Gasteiger partial charge in [0.2, 0.25) is 0 Å². The molecule has 0 unspecified atom stereocenters. The molecule has 2 rings (SSSR count). The molecule has 27 heavy (non-hydrogen) atoms. The van der Waals surface area contributed by atoms with Gasteiger partial charge >= 0.3 is 11.9 Å². The van der Waals surface area contributed by atoms with Gasteiger partial charge < -0.3 is 9.47 Å². The van der Waals surface area contributed by atoms with Crippen molar-refractivity contribution in [3.8, 4) is 0 Å². The van der Waals surface area contributed by atoms with Gasteiger partial charge in [-0.05, 0) is 62.1 Å². The molecule has 6 heteroatoms. The molecule has 0 atom stereocenters. The molecule has 0 aliphatic rings. The first-order chi connectivity index (χ1) is 12.9. The van der Waals surface area contributed by atoms with Crippen LogP contribution in [0.4, 0.5) is 8.78 Å². The lowest BCUT2D eigenvalue weighted by atomic mass is 9.76. The molecular formula is C21H22F2O4. The van der Waals surface area contributed by atoms with Gasteiger partial charge in [-0.2, -0.15) is 0 Å². The van der Waals surface area contributed by atoms with E-state index in [2.05, 4.69) is 0 Å². The molecule has 0 saturated carbocycles. The third kappa shape index (κ3) is 5.12. The summed E-state index contributed by atoms with van der Waals surface area (Å²) in [6.07, 6.45) is -0.0509. The monoisotopic (exact) mass is 376 g/mol. The van der Waals surface area contributed by atoms with Crippen LogP contribution in [-0.4, -0.2) is 25.2 Å². The summed E-state index contributed by atoms with van der Waals surface area (Å²) in [4.78, 5) is 25.7. The minimum atomic E-state index is -1.65. The van der Waals surface area contributed by atoms with Gasteiger partial charge in [0.25, 0.3) is 0 Å². The first-order valence-corrected chi connectivity index (χ1v) is 8.74. The Morgan fingerprint density at radius 2 is 1.07 bits per heavy atom. The fourth-order valence-electron chi connectivity index (χ4n) is 2.87. The smallest absolute Gasteiger partial charge is 0.324 e. The molecule has 0 bridgehead atoms. The van der Waals surface area contributed by atoms with Gasteiger partial charge in [0.1, 0.15) is 11.6 Å². The van der Waals surface area contributed by atoms with E-state index in [1.54, 1.807) is 13.8 Å². The van der Waals surface area contributed by atoms with Gasteiger partial charge in [-0.3, -0.25) is 9.59 Å². The van der Waals surface area contributed by atoms with Crippen LogP contribution in [0.1, 0.15) is 25.0 Å². The third-order valence-electron chi connectivity index (χ3n) is 4.17. The maximum absolute atomic E-state index is 13.2. The van der Waals surface area contributed by atoms with Crippen LogP contribution >= 0.6 is 0 Å². The number of carbonyl (C=O) groups excluding carboxylic acids is 2. The third-order valence-corrected chi connectivity index (χ3v) is 4.17. The highest BCUT2D eigenvalue weighted by atomic mass is 19.1. The highest BCUT2D eigenvalue weighted by Gasteiger charge is 2.49. The first kappa shape index (κ1) is 20.6. The van der Waals surface area contributed by atoms with Crippen LogP contribution in [0.2, 0.25) is 0 Å². The molecule has 0 heterocycles.